The van der Waals surface area contributed by atoms with Gasteiger partial charge in [-0.05, 0) is 51.5 Å². The summed E-state index contributed by atoms with van der Waals surface area (Å²) < 4.78 is 0. The molecule has 1 unspecified atom stereocenters. The van der Waals surface area contributed by atoms with Crippen molar-refractivity contribution in [1.29, 1.82) is 0 Å². The monoisotopic (exact) mass is 513 g/mol. The molecule has 1 atom stereocenters. The van der Waals surface area contributed by atoms with Crippen LogP contribution < -0.4 is 16.0 Å². The molecule has 2 heterocycles. The number of amides is 3. The van der Waals surface area contributed by atoms with Crippen LogP contribution in [-0.2, 0) is 11.2 Å². The molecule has 0 bridgehead atoms. The number of imide groups is 1. The van der Waals surface area contributed by atoms with E-state index in [9.17, 15) is 9.59 Å². The van der Waals surface area contributed by atoms with Crippen LogP contribution in [0.1, 0.15) is 37.8 Å². The van der Waals surface area contributed by atoms with Gasteiger partial charge in [0.25, 0.3) is 5.91 Å². The maximum Gasteiger partial charge on any atom is 0.322 e. The number of carbonyl (C=O) groups excluding carboxylic acids is 2. The average Bonchev–Trinajstić information content (AvgIpc) is 2.94. The summed E-state index contributed by atoms with van der Waals surface area (Å²) in [6.07, 6.45) is 2.59. The van der Waals surface area contributed by atoms with Gasteiger partial charge in [-0.15, -0.1) is 24.0 Å². The topological polar surface area (TPSA) is 85.8 Å². The number of aliphatic imine (C=N–C) groups is 1. The van der Waals surface area contributed by atoms with Crippen LogP contribution in [0.2, 0.25) is 0 Å². The molecule has 29 heavy (non-hydrogen) atoms. The summed E-state index contributed by atoms with van der Waals surface area (Å²) in [7, 11) is 0. The molecule has 1 aromatic carbocycles. The van der Waals surface area contributed by atoms with E-state index in [1.807, 2.05) is 6.92 Å². The number of nitrogens with one attached hydrogen (secondary N) is 3. The Bertz CT molecular complexity index is 761. The molecule has 8 heteroatoms. The van der Waals surface area contributed by atoms with E-state index in [1.54, 1.807) is 0 Å². The Kier molecular flexibility index (Phi) is 8.30. The van der Waals surface area contributed by atoms with Crippen LogP contribution in [-0.4, -0.2) is 54.5 Å². The lowest BCUT2D eigenvalue weighted by Gasteiger charge is -2.39. The van der Waals surface area contributed by atoms with E-state index >= 15 is 0 Å². The minimum absolute atomic E-state index is 0. The van der Waals surface area contributed by atoms with Gasteiger partial charge >= 0.3 is 6.03 Å². The number of halogens is 1. The molecule has 2 fully saturated rings. The van der Waals surface area contributed by atoms with Crippen LogP contribution in [0.3, 0.4) is 0 Å². The normalized spacial score (nSPS) is 22.7. The Labute approximate surface area is 190 Å². The zero-order chi connectivity index (χ0) is 20.1. The van der Waals surface area contributed by atoms with Crippen LogP contribution in [0.5, 0.6) is 0 Å². The highest BCUT2D eigenvalue weighted by atomic mass is 127. The molecule has 0 radical (unpaired) electrons. The fraction of sp³-hybridized carbons (Fsp3) is 0.571. The van der Waals surface area contributed by atoms with E-state index in [0.29, 0.717) is 0 Å². The molecular weight excluding hydrogens is 481 g/mol. The number of nitrogens with zero attached hydrogens (tertiary/aromatic N) is 2. The van der Waals surface area contributed by atoms with E-state index in [-0.39, 0.29) is 41.8 Å². The van der Waals surface area contributed by atoms with Crippen LogP contribution in [0.4, 0.5) is 4.79 Å². The van der Waals surface area contributed by atoms with Crippen molar-refractivity contribution in [2.45, 2.75) is 45.6 Å². The first-order valence-corrected chi connectivity index (χ1v) is 10.1. The summed E-state index contributed by atoms with van der Waals surface area (Å²) in [5, 5.41) is 8.57. The lowest BCUT2D eigenvalue weighted by atomic mass is 9.79. The lowest BCUT2D eigenvalue weighted by molar-refractivity contribution is -0.125. The van der Waals surface area contributed by atoms with Crippen LogP contribution in [0.25, 0.3) is 0 Å². The van der Waals surface area contributed by atoms with E-state index in [2.05, 4.69) is 59.0 Å². The zero-order valence-corrected chi connectivity index (χ0v) is 19.8. The van der Waals surface area contributed by atoms with E-state index in [0.717, 1.165) is 51.4 Å². The maximum absolute atomic E-state index is 12.2. The number of benzene rings is 1. The van der Waals surface area contributed by atoms with E-state index in [4.69, 9.17) is 4.99 Å². The van der Waals surface area contributed by atoms with Crippen molar-refractivity contribution < 1.29 is 9.59 Å². The van der Waals surface area contributed by atoms with Crippen molar-refractivity contribution in [3.8, 4) is 0 Å². The number of guanidine groups is 1. The van der Waals surface area contributed by atoms with Crippen molar-refractivity contribution in [3.63, 3.8) is 0 Å². The quantitative estimate of drug-likeness (QED) is 0.245. The second kappa shape index (κ2) is 10.3. The maximum atomic E-state index is 12.2. The highest BCUT2D eigenvalue weighted by molar-refractivity contribution is 14.0. The Balaban J connectivity index is 0.00000300. The molecule has 0 saturated carbocycles. The van der Waals surface area contributed by atoms with Gasteiger partial charge in [-0.3, -0.25) is 15.1 Å². The minimum atomic E-state index is -0.802. The number of aryl methyl sites for hydroxylation is 1. The van der Waals surface area contributed by atoms with Gasteiger partial charge in [-0.25, -0.2) is 4.79 Å². The van der Waals surface area contributed by atoms with Crippen LogP contribution in [0.15, 0.2) is 29.3 Å². The molecule has 160 valence electrons. The van der Waals surface area contributed by atoms with E-state index < -0.39 is 5.54 Å². The number of hydrogen-bond acceptors (Lipinski definition) is 3. The molecule has 0 aromatic heterocycles. The third-order valence-corrected chi connectivity index (χ3v) is 5.76. The van der Waals surface area contributed by atoms with Crippen molar-refractivity contribution in [2.24, 2.45) is 10.9 Å². The van der Waals surface area contributed by atoms with Gasteiger partial charge in [0.2, 0.25) is 0 Å². The number of hydrogen-bond donors (Lipinski definition) is 3. The predicted octanol–water partition coefficient (Wildman–Crippen LogP) is 2.43. The number of urea groups is 1. The first-order chi connectivity index (χ1) is 13.4. The zero-order valence-electron chi connectivity index (χ0n) is 17.5. The summed E-state index contributed by atoms with van der Waals surface area (Å²) in [6, 6.07) is 8.15. The molecular formula is C21H32IN5O2. The van der Waals surface area contributed by atoms with Gasteiger partial charge in [0, 0.05) is 26.2 Å². The summed E-state index contributed by atoms with van der Waals surface area (Å²) in [4.78, 5) is 30.8. The summed E-state index contributed by atoms with van der Waals surface area (Å²) in [6.45, 7) is 9.20. The van der Waals surface area contributed by atoms with Gasteiger partial charge in [0.05, 0.1) is 0 Å². The second-order valence-corrected chi connectivity index (χ2v) is 7.85. The summed E-state index contributed by atoms with van der Waals surface area (Å²) in [5.74, 6) is 0.846. The number of rotatable bonds is 5. The van der Waals surface area contributed by atoms with Crippen LogP contribution >= 0.6 is 24.0 Å². The standard InChI is InChI=1S/C21H31N5O2.HI/c1-4-22-19(23-11-8-16-7-5-6-15(2)14-16)26-12-9-17(10-13-26)21(3)18(27)24-20(28)25-21;/h5-7,14,17H,4,8-13H2,1-3H3,(H,22,23)(H2,24,25,27,28);1H. The van der Waals surface area contributed by atoms with Gasteiger partial charge in [-0.1, -0.05) is 29.8 Å². The molecule has 3 rings (SSSR count). The van der Waals surface area contributed by atoms with Crippen LogP contribution in [0, 0.1) is 12.8 Å². The van der Waals surface area contributed by atoms with Gasteiger partial charge in [0.15, 0.2) is 5.96 Å². The van der Waals surface area contributed by atoms with E-state index in [1.165, 1.54) is 11.1 Å². The molecule has 3 N–H and O–H groups in total. The fourth-order valence-corrected chi connectivity index (χ4v) is 4.10. The SMILES string of the molecule is CCNC(=NCCc1cccc(C)c1)N1CCC(C2(C)NC(=O)NC2=O)CC1.I. The lowest BCUT2D eigenvalue weighted by Crippen LogP contribution is -2.55. The molecule has 2 aliphatic heterocycles. The highest BCUT2D eigenvalue weighted by Crippen LogP contribution is 2.30. The molecule has 7 nitrogen and oxygen atoms in total. The third-order valence-electron chi connectivity index (χ3n) is 5.76. The van der Waals surface area contributed by atoms with Crippen molar-refractivity contribution in [3.05, 3.63) is 35.4 Å². The Morgan fingerprint density at radius 3 is 2.62 bits per heavy atom. The Morgan fingerprint density at radius 1 is 1.31 bits per heavy atom. The molecule has 0 spiro atoms. The number of piperidine rings is 1. The number of carbonyl (C=O) groups is 2. The second-order valence-electron chi connectivity index (χ2n) is 7.85. The molecule has 0 aliphatic carbocycles. The first kappa shape index (κ1) is 23.4. The van der Waals surface area contributed by atoms with Crippen molar-refractivity contribution in [1.82, 2.24) is 20.9 Å². The van der Waals surface area contributed by atoms with Crippen molar-refractivity contribution in [2.75, 3.05) is 26.2 Å². The minimum Gasteiger partial charge on any atom is -0.357 e. The molecule has 1 aromatic rings. The van der Waals surface area contributed by atoms with Gasteiger partial charge in [0.1, 0.15) is 5.54 Å². The molecule has 2 saturated heterocycles. The largest absolute Gasteiger partial charge is 0.357 e. The fourth-order valence-electron chi connectivity index (χ4n) is 4.10. The Morgan fingerprint density at radius 2 is 2.03 bits per heavy atom. The highest BCUT2D eigenvalue weighted by Gasteiger charge is 2.48. The third kappa shape index (κ3) is 5.61. The predicted molar refractivity (Wildman–Crippen MR) is 126 cm³/mol. The smallest absolute Gasteiger partial charge is 0.322 e. The molecule has 2 aliphatic rings. The first-order valence-electron chi connectivity index (χ1n) is 10.1. The number of likely N-dealkylation sites (tertiary alicyclic amines) is 1. The van der Waals surface area contributed by atoms with Gasteiger partial charge < -0.3 is 15.5 Å². The van der Waals surface area contributed by atoms with Gasteiger partial charge in [-0.2, -0.15) is 0 Å². The summed E-state index contributed by atoms with van der Waals surface area (Å²) in [5.41, 5.74) is 1.77. The molecule has 3 amide bonds. The summed E-state index contributed by atoms with van der Waals surface area (Å²) >= 11 is 0. The average molecular weight is 513 g/mol. The van der Waals surface area contributed by atoms with Crippen molar-refractivity contribution >= 4 is 41.9 Å². The Hall–Kier alpha value is -1.84.